The van der Waals surface area contributed by atoms with Gasteiger partial charge in [-0.15, -0.1) is 0 Å². The summed E-state index contributed by atoms with van der Waals surface area (Å²) < 4.78 is 27.4. The fourth-order valence-electron chi connectivity index (χ4n) is 3.45. The number of hydrogen-bond acceptors (Lipinski definition) is 6. The third-order valence-electron chi connectivity index (χ3n) is 4.97. The first-order chi connectivity index (χ1) is 14.2. The van der Waals surface area contributed by atoms with Crippen LogP contribution in [0.2, 0.25) is 0 Å². The normalized spacial score (nSPS) is 17.3. The molecule has 1 aliphatic rings. The molecule has 1 aliphatic heterocycles. The third-order valence-corrected chi connectivity index (χ3v) is 6.90. The van der Waals surface area contributed by atoms with Gasteiger partial charge in [-0.05, 0) is 44.0 Å². The van der Waals surface area contributed by atoms with E-state index in [1.807, 2.05) is 0 Å². The van der Waals surface area contributed by atoms with Crippen molar-refractivity contribution in [2.75, 3.05) is 11.9 Å². The average Bonchev–Trinajstić information content (AvgIpc) is 2.74. The molecule has 1 heterocycles. The minimum Gasteiger partial charge on any atom is -0.324 e. The molecule has 2 aromatic rings. The highest BCUT2D eigenvalue weighted by Crippen LogP contribution is 2.28. The number of para-hydroxylation sites is 1. The maximum Gasteiger partial charge on any atom is 0.269 e. The smallest absolute Gasteiger partial charge is 0.269 e. The van der Waals surface area contributed by atoms with E-state index in [0.29, 0.717) is 30.5 Å². The molecule has 0 spiro atoms. The maximum atomic E-state index is 13.1. The minimum absolute atomic E-state index is 0.114. The summed E-state index contributed by atoms with van der Waals surface area (Å²) in [7, 11) is -4.03. The summed E-state index contributed by atoms with van der Waals surface area (Å²) in [4.78, 5) is 34.9. The first-order valence-electron chi connectivity index (χ1n) is 9.39. The zero-order chi connectivity index (χ0) is 21.9. The van der Waals surface area contributed by atoms with E-state index < -0.39 is 26.9 Å². The van der Waals surface area contributed by atoms with Crippen molar-refractivity contribution in [2.45, 2.75) is 37.1 Å². The molecule has 1 N–H and O–H groups in total. The molecule has 1 fully saturated rings. The van der Waals surface area contributed by atoms with Gasteiger partial charge in [0, 0.05) is 24.2 Å². The summed E-state index contributed by atoms with van der Waals surface area (Å²) in [5.74, 6) is -0.737. The number of nitro groups is 1. The number of piperidine rings is 1. The van der Waals surface area contributed by atoms with Crippen molar-refractivity contribution in [3.63, 3.8) is 0 Å². The number of hydrogen-bond donors (Lipinski definition) is 1. The van der Waals surface area contributed by atoms with Crippen molar-refractivity contribution >= 4 is 33.1 Å². The van der Waals surface area contributed by atoms with Gasteiger partial charge in [-0.25, -0.2) is 8.42 Å². The Hall–Kier alpha value is -3.11. The van der Waals surface area contributed by atoms with Crippen LogP contribution in [0.4, 0.5) is 11.4 Å². The third kappa shape index (κ3) is 4.39. The van der Waals surface area contributed by atoms with E-state index in [-0.39, 0.29) is 22.9 Å². The zero-order valence-corrected chi connectivity index (χ0v) is 17.1. The number of carbonyl (C=O) groups excluding carboxylic acids is 2. The van der Waals surface area contributed by atoms with Crippen molar-refractivity contribution in [1.29, 1.82) is 0 Å². The highest BCUT2D eigenvalue weighted by molar-refractivity contribution is 7.89. The summed E-state index contributed by atoms with van der Waals surface area (Å²) in [5, 5.41) is 13.5. The Bertz CT molecular complexity index is 1080. The fourth-order valence-corrected chi connectivity index (χ4v) is 5.10. The summed E-state index contributed by atoms with van der Waals surface area (Å²) >= 11 is 0. The van der Waals surface area contributed by atoms with Crippen molar-refractivity contribution < 1.29 is 22.9 Å². The molecule has 10 heteroatoms. The van der Waals surface area contributed by atoms with Crippen molar-refractivity contribution in [1.82, 2.24) is 4.31 Å². The van der Waals surface area contributed by atoms with E-state index in [2.05, 4.69) is 5.32 Å². The highest BCUT2D eigenvalue weighted by atomic mass is 32.2. The van der Waals surface area contributed by atoms with E-state index in [1.165, 1.54) is 19.1 Å². The van der Waals surface area contributed by atoms with E-state index in [0.717, 1.165) is 16.4 Å². The molecule has 0 aliphatic carbocycles. The number of nitrogens with zero attached hydrogens (tertiary/aromatic N) is 2. The summed E-state index contributed by atoms with van der Waals surface area (Å²) in [6, 6.07) is 10.2. The number of non-ortho nitro benzene ring substituents is 1. The summed E-state index contributed by atoms with van der Waals surface area (Å²) in [6.07, 6.45) is 1.61. The number of carbonyl (C=O) groups is 2. The molecule has 1 amide bonds. The number of anilines is 1. The minimum atomic E-state index is -4.03. The van der Waals surface area contributed by atoms with Gasteiger partial charge in [0.25, 0.3) is 5.69 Å². The highest BCUT2D eigenvalue weighted by Gasteiger charge is 2.38. The van der Waals surface area contributed by atoms with Gasteiger partial charge in [0.15, 0.2) is 5.78 Å². The molecule has 3 rings (SSSR count). The van der Waals surface area contributed by atoms with E-state index in [1.54, 1.807) is 24.3 Å². The Morgan fingerprint density at radius 3 is 2.40 bits per heavy atom. The molecule has 1 atom stereocenters. The molecule has 0 saturated carbocycles. The Balaban J connectivity index is 1.88. The maximum absolute atomic E-state index is 13.1. The van der Waals surface area contributed by atoms with E-state index >= 15 is 0 Å². The molecular weight excluding hydrogens is 410 g/mol. The number of ketones is 1. The van der Waals surface area contributed by atoms with E-state index in [9.17, 15) is 28.1 Å². The summed E-state index contributed by atoms with van der Waals surface area (Å²) in [5.41, 5.74) is 0.447. The predicted molar refractivity (Wildman–Crippen MR) is 110 cm³/mol. The van der Waals surface area contributed by atoms with E-state index in [4.69, 9.17) is 0 Å². The van der Waals surface area contributed by atoms with Crippen LogP contribution in [0.5, 0.6) is 0 Å². The number of nitrogens with one attached hydrogen (secondary N) is 1. The van der Waals surface area contributed by atoms with Crippen LogP contribution in [0.3, 0.4) is 0 Å². The second-order valence-corrected chi connectivity index (χ2v) is 8.86. The average molecular weight is 431 g/mol. The van der Waals surface area contributed by atoms with Gasteiger partial charge in [0.2, 0.25) is 15.9 Å². The lowest BCUT2D eigenvalue weighted by Gasteiger charge is -2.33. The topological polar surface area (TPSA) is 127 Å². The van der Waals surface area contributed by atoms with Gasteiger partial charge in [0.05, 0.1) is 15.5 Å². The van der Waals surface area contributed by atoms with Gasteiger partial charge in [-0.1, -0.05) is 18.6 Å². The van der Waals surface area contributed by atoms with Gasteiger partial charge in [0.1, 0.15) is 6.04 Å². The zero-order valence-electron chi connectivity index (χ0n) is 16.3. The van der Waals surface area contributed by atoms with Crippen molar-refractivity contribution in [2.24, 2.45) is 0 Å². The standard InChI is InChI=1S/C20H21N3O6S/c1-14(24)17-6-2-3-7-18(17)21-20(25)19-8-4-5-13-22(19)30(28,29)16-11-9-15(10-12-16)23(26)27/h2-3,6-7,9-12,19H,4-5,8,13H2,1H3,(H,21,25). The fraction of sp³-hybridized carbons (Fsp3) is 0.300. The number of nitro benzene ring substituents is 1. The number of Topliss-reactive ketones (excluding diaryl/α,β-unsaturated/α-hetero) is 1. The Kier molecular flexibility index (Phi) is 6.28. The molecule has 0 bridgehead atoms. The molecule has 2 aromatic carbocycles. The first-order valence-corrected chi connectivity index (χ1v) is 10.8. The summed E-state index contributed by atoms with van der Waals surface area (Å²) in [6.45, 7) is 1.54. The van der Waals surface area contributed by atoms with Gasteiger partial charge in [-0.3, -0.25) is 19.7 Å². The van der Waals surface area contributed by atoms with Crippen LogP contribution in [0.15, 0.2) is 53.4 Å². The largest absolute Gasteiger partial charge is 0.324 e. The van der Waals surface area contributed by atoms with Crippen LogP contribution >= 0.6 is 0 Å². The number of sulfonamides is 1. The predicted octanol–water partition coefficient (Wildman–Crippen LogP) is 2.98. The molecule has 1 unspecified atom stereocenters. The molecule has 30 heavy (non-hydrogen) atoms. The monoisotopic (exact) mass is 431 g/mol. The van der Waals surface area contributed by atoms with Crippen molar-refractivity contribution in [3.05, 3.63) is 64.2 Å². The number of benzene rings is 2. The molecule has 9 nitrogen and oxygen atoms in total. The second-order valence-electron chi connectivity index (χ2n) is 6.97. The first kappa shape index (κ1) is 21.6. The van der Waals surface area contributed by atoms with Crippen LogP contribution < -0.4 is 5.32 Å². The molecule has 158 valence electrons. The Morgan fingerprint density at radius 1 is 1.10 bits per heavy atom. The molecule has 0 radical (unpaired) electrons. The second kappa shape index (κ2) is 8.72. The van der Waals surface area contributed by atoms with Crippen LogP contribution in [0, 0.1) is 10.1 Å². The Morgan fingerprint density at radius 2 is 1.77 bits per heavy atom. The lowest BCUT2D eigenvalue weighted by atomic mass is 10.0. The lowest BCUT2D eigenvalue weighted by molar-refractivity contribution is -0.384. The lowest BCUT2D eigenvalue weighted by Crippen LogP contribution is -2.49. The quantitative estimate of drug-likeness (QED) is 0.426. The van der Waals surface area contributed by atoms with Crippen LogP contribution in [-0.4, -0.2) is 41.9 Å². The van der Waals surface area contributed by atoms with Crippen LogP contribution in [0.1, 0.15) is 36.5 Å². The molecule has 1 saturated heterocycles. The van der Waals surface area contributed by atoms with Crippen LogP contribution in [0.25, 0.3) is 0 Å². The molecule has 0 aromatic heterocycles. The Labute approximate surface area is 173 Å². The van der Waals surface area contributed by atoms with Gasteiger partial charge >= 0.3 is 0 Å². The van der Waals surface area contributed by atoms with Crippen LogP contribution in [-0.2, 0) is 14.8 Å². The van der Waals surface area contributed by atoms with Gasteiger partial charge in [-0.2, -0.15) is 4.31 Å². The molecular formula is C20H21N3O6S. The van der Waals surface area contributed by atoms with Crippen molar-refractivity contribution in [3.8, 4) is 0 Å². The SMILES string of the molecule is CC(=O)c1ccccc1NC(=O)C1CCCCN1S(=O)(=O)c1ccc([N+](=O)[O-])cc1. The van der Waals surface area contributed by atoms with Gasteiger partial charge < -0.3 is 5.32 Å². The number of amides is 1. The number of rotatable bonds is 6.